The van der Waals surface area contributed by atoms with Crippen LogP contribution in [0.25, 0.3) is 5.65 Å². The second-order valence-electron chi connectivity index (χ2n) is 5.12. The molecule has 0 bridgehead atoms. The fraction of sp³-hybridized carbons (Fsp3) is 0.176. The normalized spacial score (nSPS) is 10.7. The standard InChI is InChI=1S/C17H15N3/c1-12-4-3-5-14(8-12)10-15-16(11-18)20-7-6-13(2)9-17(20)19-15/h3-9H,10H2,1-2H3. The molecule has 0 spiro atoms. The van der Waals surface area contributed by atoms with Gasteiger partial charge in [-0.1, -0.05) is 29.8 Å². The van der Waals surface area contributed by atoms with Crippen molar-refractivity contribution in [3.63, 3.8) is 0 Å². The van der Waals surface area contributed by atoms with Crippen LogP contribution < -0.4 is 0 Å². The highest BCUT2D eigenvalue weighted by Crippen LogP contribution is 2.17. The van der Waals surface area contributed by atoms with Crippen LogP contribution in [0.2, 0.25) is 0 Å². The summed E-state index contributed by atoms with van der Waals surface area (Å²) in [5, 5.41) is 9.40. The van der Waals surface area contributed by atoms with Crippen molar-refractivity contribution in [3.8, 4) is 6.07 Å². The molecule has 0 fully saturated rings. The Kier molecular flexibility index (Phi) is 3.00. The smallest absolute Gasteiger partial charge is 0.148 e. The topological polar surface area (TPSA) is 41.1 Å². The molecule has 1 aromatic carbocycles. The molecule has 20 heavy (non-hydrogen) atoms. The Morgan fingerprint density at radius 1 is 1.15 bits per heavy atom. The number of nitrogens with zero attached hydrogens (tertiary/aromatic N) is 3. The molecule has 0 aliphatic heterocycles. The Bertz CT molecular complexity index is 822. The van der Waals surface area contributed by atoms with E-state index in [1.165, 1.54) is 11.1 Å². The summed E-state index contributed by atoms with van der Waals surface area (Å²) in [5.41, 5.74) is 5.85. The van der Waals surface area contributed by atoms with Crippen molar-refractivity contribution in [1.29, 1.82) is 5.26 Å². The summed E-state index contributed by atoms with van der Waals surface area (Å²) < 4.78 is 1.86. The summed E-state index contributed by atoms with van der Waals surface area (Å²) in [7, 11) is 0. The molecule has 2 heterocycles. The van der Waals surface area contributed by atoms with Crippen molar-refractivity contribution in [1.82, 2.24) is 9.38 Å². The van der Waals surface area contributed by atoms with Crippen LogP contribution in [0, 0.1) is 25.2 Å². The fourth-order valence-corrected chi connectivity index (χ4v) is 2.45. The second kappa shape index (κ2) is 4.82. The highest BCUT2D eigenvalue weighted by molar-refractivity contribution is 5.50. The Hall–Kier alpha value is -2.60. The number of aromatic nitrogens is 2. The Morgan fingerprint density at radius 2 is 1.95 bits per heavy atom. The van der Waals surface area contributed by atoms with E-state index in [0.29, 0.717) is 12.1 Å². The van der Waals surface area contributed by atoms with E-state index in [1.807, 2.05) is 35.7 Å². The first-order valence-corrected chi connectivity index (χ1v) is 6.60. The van der Waals surface area contributed by atoms with Crippen LogP contribution in [0.5, 0.6) is 0 Å². The minimum absolute atomic E-state index is 0.626. The van der Waals surface area contributed by atoms with Crippen molar-refractivity contribution in [2.75, 3.05) is 0 Å². The zero-order valence-corrected chi connectivity index (χ0v) is 11.6. The van der Waals surface area contributed by atoms with Crippen LogP contribution in [-0.2, 0) is 6.42 Å². The van der Waals surface area contributed by atoms with Gasteiger partial charge in [-0.2, -0.15) is 5.26 Å². The zero-order chi connectivity index (χ0) is 14.1. The van der Waals surface area contributed by atoms with E-state index in [0.717, 1.165) is 16.9 Å². The zero-order valence-electron chi connectivity index (χ0n) is 11.6. The van der Waals surface area contributed by atoms with Crippen molar-refractivity contribution in [2.24, 2.45) is 0 Å². The molecule has 0 aliphatic rings. The molecule has 0 radical (unpaired) electrons. The monoisotopic (exact) mass is 261 g/mol. The maximum atomic E-state index is 9.40. The summed E-state index contributed by atoms with van der Waals surface area (Å²) in [4.78, 5) is 4.61. The fourth-order valence-electron chi connectivity index (χ4n) is 2.45. The average Bonchev–Trinajstić information content (AvgIpc) is 2.74. The molecule has 0 saturated carbocycles. The molecule has 3 aromatic rings. The molecule has 3 rings (SSSR count). The minimum atomic E-state index is 0.626. The van der Waals surface area contributed by atoms with Crippen molar-refractivity contribution in [3.05, 3.63) is 70.7 Å². The summed E-state index contributed by atoms with van der Waals surface area (Å²) in [6, 6.07) is 14.6. The lowest BCUT2D eigenvalue weighted by Gasteiger charge is -2.00. The quantitative estimate of drug-likeness (QED) is 0.709. The van der Waals surface area contributed by atoms with E-state index in [1.54, 1.807) is 0 Å². The van der Waals surface area contributed by atoms with Crippen LogP contribution >= 0.6 is 0 Å². The minimum Gasteiger partial charge on any atom is -0.291 e. The molecule has 98 valence electrons. The molecule has 2 aromatic heterocycles. The van der Waals surface area contributed by atoms with E-state index in [9.17, 15) is 5.26 Å². The maximum absolute atomic E-state index is 9.40. The Balaban J connectivity index is 2.09. The Labute approximate surface area is 118 Å². The van der Waals surface area contributed by atoms with Crippen LogP contribution in [-0.4, -0.2) is 9.38 Å². The molecular formula is C17H15N3. The summed E-state index contributed by atoms with van der Waals surface area (Å²) >= 11 is 0. The van der Waals surface area contributed by atoms with E-state index in [-0.39, 0.29) is 0 Å². The van der Waals surface area contributed by atoms with Gasteiger partial charge in [0.1, 0.15) is 17.4 Å². The summed E-state index contributed by atoms with van der Waals surface area (Å²) in [6.45, 7) is 4.10. The highest BCUT2D eigenvalue weighted by atomic mass is 15.0. The van der Waals surface area contributed by atoms with Crippen molar-refractivity contribution >= 4 is 5.65 Å². The van der Waals surface area contributed by atoms with Gasteiger partial charge in [0.2, 0.25) is 0 Å². The third-order valence-electron chi connectivity index (χ3n) is 3.41. The molecule has 0 unspecified atom stereocenters. The number of nitriles is 1. The molecular weight excluding hydrogens is 246 g/mol. The predicted octanol–water partition coefficient (Wildman–Crippen LogP) is 3.41. The number of aryl methyl sites for hydroxylation is 2. The molecule has 3 heteroatoms. The van der Waals surface area contributed by atoms with E-state index >= 15 is 0 Å². The number of benzene rings is 1. The second-order valence-corrected chi connectivity index (χ2v) is 5.12. The molecule has 0 aliphatic carbocycles. The van der Waals surface area contributed by atoms with Gasteiger partial charge in [-0.15, -0.1) is 0 Å². The van der Waals surface area contributed by atoms with Gasteiger partial charge in [-0.05, 0) is 37.1 Å². The SMILES string of the molecule is Cc1cccc(Cc2nc3cc(C)ccn3c2C#N)c1. The van der Waals surface area contributed by atoms with Gasteiger partial charge in [-0.3, -0.25) is 4.40 Å². The van der Waals surface area contributed by atoms with Crippen LogP contribution in [0.15, 0.2) is 42.6 Å². The first-order chi connectivity index (χ1) is 9.67. The number of hydrogen-bond acceptors (Lipinski definition) is 2. The largest absolute Gasteiger partial charge is 0.291 e. The van der Waals surface area contributed by atoms with Crippen molar-refractivity contribution in [2.45, 2.75) is 20.3 Å². The van der Waals surface area contributed by atoms with E-state index in [2.05, 4.69) is 36.2 Å². The molecule has 0 amide bonds. The third kappa shape index (κ3) is 2.17. The van der Waals surface area contributed by atoms with Crippen LogP contribution in [0.1, 0.15) is 28.1 Å². The van der Waals surface area contributed by atoms with Gasteiger partial charge in [0.25, 0.3) is 0 Å². The number of imidazole rings is 1. The van der Waals surface area contributed by atoms with Crippen LogP contribution in [0.4, 0.5) is 0 Å². The van der Waals surface area contributed by atoms with Gasteiger partial charge in [0.15, 0.2) is 0 Å². The molecule has 0 saturated heterocycles. The lowest BCUT2D eigenvalue weighted by Crippen LogP contribution is -1.94. The highest BCUT2D eigenvalue weighted by Gasteiger charge is 2.12. The third-order valence-corrected chi connectivity index (χ3v) is 3.41. The summed E-state index contributed by atoms with van der Waals surface area (Å²) in [5.74, 6) is 0. The van der Waals surface area contributed by atoms with Gasteiger partial charge < -0.3 is 0 Å². The molecule has 0 atom stereocenters. The maximum Gasteiger partial charge on any atom is 0.148 e. The summed E-state index contributed by atoms with van der Waals surface area (Å²) in [6.07, 6.45) is 2.60. The number of hydrogen-bond donors (Lipinski definition) is 0. The number of fused-ring (bicyclic) bond motifs is 1. The lowest BCUT2D eigenvalue weighted by molar-refractivity contribution is 1.08. The van der Waals surface area contributed by atoms with Gasteiger partial charge in [-0.25, -0.2) is 4.98 Å². The first kappa shape index (κ1) is 12.4. The van der Waals surface area contributed by atoms with E-state index < -0.39 is 0 Å². The Morgan fingerprint density at radius 3 is 2.70 bits per heavy atom. The van der Waals surface area contributed by atoms with E-state index in [4.69, 9.17) is 0 Å². The predicted molar refractivity (Wildman–Crippen MR) is 78.6 cm³/mol. The van der Waals surface area contributed by atoms with Gasteiger partial charge >= 0.3 is 0 Å². The number of rotatable bonds is 2. The van der Waals surface area contributed by atoms with Gasteiger partial charge in [0.05, 0.1) is 5.69 Å². The first-order valence-electron chi connectivity index (χ1n) is 6.60. The molecule has 0 N–H and O–H groups in total. The van der Waals surface area contributed by atoms with Crippen LogP contribution in [0.3, 0.4) is 0 Å². The average molecular weight is 261 g/mol. The van der Waals surface area contributed by atoms with Crippen molar-refractivity contribution < 1.29 is 0 Å². The number of pyridine rings is 1. The lowest BCUT2D eigenvalue weighted by atomic mass is 10.1. The molecule has 3 nitrogen and oxygen atoms in total. The van der Waals surface area contributed by atoms with Gasteiger partial charge in [0, 0.05) is 12.6 Å².